The van der Waals surface area contributed by atoms with Crippen molar-refractivity contribution in [1.82, 2.24) is 0 Å². The van der Waals surface area contributed by atoms with E-state index in [1.165, 1.54) is 19.3 Å². The molecule has 334 valence electrons. The van der Waals surface area contributed by atoms with Crippen LogP contribution >= 0.6 is 7.82 Å². The van der Waals surface area contributed by atoms with Crippen molar-refractivity contribution in [3.63, 3.8) is 0 Å². The van der Waals surface area contributed by atoms with Crippen molar-refractivity contribution in [3.05, 3.63) is 97.2 Å². The Kier molecular flexibility index (Phi) is 36.5. The summed E-state index contributed by atoms with van der Waals surface area (Å²) in [4.78, 5) is 49.2. The third kappa shape index (κ3) is 42.5. The predicted molar refractivity (Wildman–Crippen MR) is 240 cm³/mol. The number of ether oxygens (including phenoxy) is 2. The first-order valence-electron chi connectivity index (χ1n) is 21.9. The van der Waals surface area contributed by atoms with Crippen LogP contribution in [0.1, 0.15) is 136 Å². The number of carbonyl (C=O) groups is 3. The van der Waals surface area contributed by atoms with Crippen LogP contribution in [0.4, 0.5) is 0 Å². The number of unbranched alkanes of at least 4 members (excludes halogenated alkanes) is 7. The van der Waals surface area contributed by atoms with E-state index in [1.807, 2.05) is 51.5 Å². The van der Waals surface area contributed by atoms with Gasteiger partial charge in [0.25, 0.3) is 7.82 Å². The van der Waals surface area contributed by atoms with Crippen LogP contribution in [0.2, 0.25) is 0 Å². The van der Waals surface area contributed by atoms with E-state index in [9.17, 15) is 23.8 Å². The van der Waals surface area contributed by atoms with Crippen LogP contribution in [-0.2, 0) is 37.5 Å². The Hall–Kier alpha value is -3.40. The first kappa shape index (κ1) is 55.6. The van der Waals surface area contributed by atoms with Crippen molar-refractivity contribution < 1.29 is 46.8 Å². The summed E-state index contributed by atoms with van der Waals surface area (Å²) in [7, 11) is 1.05. The zero-order valence-electron chi connectivity index (χ0n) is 37.1. The minimum atomic E-state index is -4.67. The maximum Gasteiger partial charge on any atom is 0.306 e. The molecule has 0 saturated heterocycles. The summed E-state index contributed by atoms with van der Waals surface area (Å²) < 4.78 is 33.7. The number of hydrogen-bond donors (Lipinski definition) is 0. The van der Waals surface area contributed by atoms with Crippen molar-refractivity contribution in [2.75, 3.05) is 47.5 Å². The molecular formula is C48H78NO9P. The molecule has 0 N–H and O–H groups in total. The fraction of sp³-hybridized carbons (Fsp3) is 0.604. The number of phosphoric ester groups is 1. The molecule has 0 spiro atoms. The number of rotatable bonds is 38. The molecular weight excluding hydrogens is 766 g/mol. The van der Waals surface area contributed by atoms with E-state index in [-0.39, 0.29) is 31.8 Å². The fourth-order valence-electron chi connectivity index (χ4n) is 5.06. The number of esters is 2. The van der Waals surface area contributed by atoms with Crippen LogP contribution in [0.3, 0.4) is 0 Å². The highest BCUT2D eigenvalue weighted by molar-refractivity contribution is 7.45. The maximum atomic E-state index is 12.6. The molecule has 0 rings (SSSR count). The second-order valence-corrected chi connectivity index (χ2v) is 16.8. The van der Waals surface area contributed by atoms with Crippen molar-refractivity contribution in [2.45, 2.75) is 142 Å². The van der Waals surface area contributed by atoms with E-state index < -0.39 is 32.5 Å². The average Bonchev–Trinajstić information content (AvgIpc) is 3.18. The van der Waals surface area contributed by atoms with Crippen LogP contribution < -0.4 is 4.89 Å². The largest absolute Gasteiger partial charge is 0.756 e. The highest BCUT2D eigenvalue weighted by Crippen LogP contribution is 2.38. The van der Waals surface area contributed by atoms with Crippen LogP contribution in [0.15, 0.2) is 97.2 Å². The molecule has 0 amide bonds. The zero-order valence-corrected chi connectivity index (χ0v) is 38.0. The maximum absolute atomic E-state index is 12.6. The Labute approximate surface area is 358 Å². The number of likely N-dealkylation sites (N-methyl/N-ethyl adjacent to an activating group) is 1. The van der Waals surface area contributed by atoms with E-state index in [4.69, 9.17) is 18.5 Å². The number of allylic oxidation sites excluding steroid dienone is 16. The smallest absolute Gasteiger partial charge is 0.306 e. The molecule has 0 aromatic rings. The summed E-state index contributed by atoms with van der Waals surface area (Å²) in [6, 6.07) is 0. The summed E-state index contributed by atoms with van der Waals surface area (Å²) >= 11 is 0. The molecule has 0 heterocycles. The number of nitrogens with zero attached hydrogens (tertiary/aromatic N) is 1. The van der Waals surface area contributed by atoms with Crippen molar-refractivity contribution in [1.29, 1.82) is 0 Å². The van der Waals surface area contributed by atoms with Gasteiger partial charge in [0.05, 0.1) is 27.7 Å². The number of quaternary nitrogens is 1. The summed E-state index contributed by atoms with van der Waals surface area (Å²) in [5.74, 6) is -0.847. The number of phosphoric acid groups is 1. The van der Waals surface area contributed by atoms with Gasteiger partial charge < -0.3 is 27.9 Å². The number of ketones is 1. The van der Waals surface area contributed by atoms with Gasteiger partial charge in [-0.25, -0.2) is 0 Å². The fourth-order valence-corrected chi connectivity index (χ4v) is 5.79. The Morgan fingerprint density at radius 1 is 0.576 bits per heavy atom. The second kappa shape index (κ2) is 38.8. The Balaban J connectivity index is 4.62. The lowest BCUT2D eigenvalue weighted by Gasteiger charge is -2.28. The van der Waals surface area contributed by atoms with Crippen molar-refractivity contribution in [3.8, 4) is 0 Å². The van der Waals surface area contributed by atoms with Crippen LogP contribution in [0, 0.1) is 0 Å². The monoisotopic (exact) mass is 844 g/mol. The quantitative estimate of drug-likeness (QED) is 0.0113. The Morgan fingerprint density at radius 2 is 1.07 bits per heavy atom. The molecule has 1 unspecified atom stereocenters. The minimum Gasteiger partial charge on any atom is -0.756 e. The molecule has 0 aliphatic heterocycles. The molecule has 0 fully saturated rings. The molecule has 0 saturated carbocycles. The van der Waals surface area contributed by atoms with Gasteiger partial charge in [0.2, 0.25) is 0 Å². The van der Waals surface area contributed by atoms with Gasteiger partial charge in [-0.15, -0.1) is 0 Å². The molecule has 0 radical (unpaired) electrons. The molecule has 2 atom stereocenters. The predicted octanol–water partition coefficient (Wildman–Crippen LogP) is 11.1. The summed E-state index contributed by atoms with van der Waals surface area (Å²) in [6.45, 7) is 3.86. The van der Waals surface area contributed by atoms with Crippen LogP contribution in [-0.4, -0.2) is 75.8 Å². The van der Waals surface area contributed by atoms with Gasteiger partial charge in [-0.3, -0.25) is 18.9 Å². The van der Waals surface area contributed by atoms with Gasteiger partial charge in [-0.2, -0.15) is 0 Å². The highest BCUT2D eigenvalue weighted by atomic mass is 31.2. The first-order chi connectivity index (χ1) is 28.4. The molecule has 11 heteroatoms. The third-order valence-electron chi connectivity index (χ3n) is 8.55. The Morgan fingerprint density at radius 3 is 1.61 bits per heavy atom. The lowest BCUT2D eigenvalue weighted by Crippen LogP contribution is -2.37. The molecule has 0 aliphatic rings. The van der Waals surface area contributed by atoms with E-state index in [0.29, 0.717) is 43.1 Å². The summed E-state index contributed by atoms with van der Waals surface area (Å²) in [5, 5.41) is 0. The van der Waals surface area contributed by atoms with Crippen LogP contribution in [0.5, 0.6) is 0 Å². The van der Waals surface area contributed by atoms with Gasteiger partial charge in [0.15, 0.2) is 11.9 Å². The van der Waals surface area contributed by atoms with Gasteiger partial charge in [-0.05, 0) is 83.1 Å². The van der Waals surface area contributed by atoms with E-state index >= 15 is 0 Å². The van der Waals surface area contributed by atoms with Gasteiger partial charge in [-0.1, -0.05) is 131 Å². The van der Waals surface area contributed by atoms with Gasteiger partial charge in [0.1, 0.15) is 19.8 Å². The van der Waals surface area contributed by atoms with Gasteiger partial charge in [0, 0.05) is 19.3 Å². The van der Waals surface area contributed by atoms with Crippen molar-refractivity contribution in [2.24, 2.45) is 0 Å². The molecule has 10 nitrogen and oxygen atoms in total. The summed E-state index contributed by atoms with van der Waals surface area (Å²) in [6.07, 6.45) is 47.2. The molecule has 0 aromatic heterocycles. The molecule has 0 bridgehead atoms. The topological polar surface area (TPSA) is 128 Å². The molecule has 0 aromatic carbocycles. The SMILES string of the molecule is CCCCC/C=C\C/C=C\C/C=C\C/C=C\CCCC(=O)O[C@H](COC(=O)CCC/C=C\C/C=C\C/C=C\C=C\C(=O)CCCCC)COP(=O)([O-])OCC[N+](C)(C)C. The number of carbonyl (C=O) groups excluding carboxylic acids is 3. The second-order valence-electron chi connectivity index (χ2n) is 15.4. The summed E-state index contributed by atoms with van der Waals surface area (Å²) in [5.41, 5.74) is 0. The van der Waals surface area contributed by atoms with E-state index in [1.54, 1.807) is 12.2 Å². The lowest BCUT2D eigenvalue weighted by atomic mass is 10.1. The van der Waals surface area contributed by atoms with E-state index in [0.717, 1.165) is 57.8 Å². The third-order valence-corrected chi connectivity index (χ3v) is 9.52. The molecule has 59 heavy (non-hydrogen) atoms. The number of hydrogen-bond acceptors (Lipinski definition) is 9. The lowest BCUT2D eigenvalue weighted by molar-refractivity contribution is -0.870. The normalized spacial score (nSPS) is 14.4. The Bertz CT molecular complexity index is 1380. The van der Waals surface area contributed by atoms with Gasteiger partial charge >= 0.3 is 11.9 Å². The van der Waals surface area contributed by atoms with Crippen LogP contribution in [0.25, 0.3) is 0 Å². The first-order valence-corrected chi connectivity index (χ1v) is 23.4. The average molecular weight is 844 g/mol. The standard InChI is InChI=1S/C48H78NO9P/c1-6-8-10-11-12-13-14-15-16-17-18-19-22-26-29-32-36-40-48(52)58-46(44-57-59(53,54)56-42-41-49(3,4)5)43-55-47(51)39-35-31-28-25-23-20-21-24-27-30-34-38-45(50)37-33-9-7-2/h12-13,15-16,18-21,25-30,34,38,46H,6-11,14,17,22-24,31-33,35-37,39-44H2,1-5H3/b13-12-,16-15-,19-18-,21-20-,28-25-,29-26-,30-27-,38-34+/t46-/m1/s1. The zero-order chi connectivity index (χ0) is 43.7. The highest BCUT2D eigenvalue weighted by Gasteiger charge is 2.21. The minimum absolute atomic E-state index is 0.0650. The van der Waals surface area contributed by atoms with Crippen molar-refractivity contribution >= 4 is 25.5 Å². The molecule has 0 aliphatic carbocycles. The van der Waals surface area contributed by atoms with E-state index in [2.05, 4.69) is 68.5 Å².